The molecule has 0 spiro atoms. The fourth-order valence-electron chi connectivity index (χ4n) is 0.333. The third-order valence-electron chi connectivity index (χ3n) is 1.39. The van der Waals surface area contributed by atoms with Gasteiger partial charge in [0.1, 0.15) is 0 Å². The van der Waals surface area contributed by atoms with E-state index < -0.39 is 37.5 Å². The van der Waals surface area contributed by atoms with E-state index in [9.17, 15) is 43.9 Å². The summed E-state index contributed by atoms with van der Waals surface area (Å²) in [5.74, 6) is -5.04. The molecular formula is C11H28F11P. The molecule has 0 aromatic carbocycles. The van der Waals surface area contributed by atoms with Crippen LogP contribution in [-0.2, 0) is 0 Å². The van der Waals surface area contributed by atoms with Crippen molar-refractivity contribution in [2.24, 2.45) is 0 Å². The lowest BCUT2D eigenvalue weighted by atomic mass is 10.0. The zero-order chi connectivity index (χ0) is 14.7. The SMILES string of the molecule is C.C.C.C.CC(F)(C(F)(F)F)C(F)(F)CF.CC(F)(F)F.F.P. The van der Waals surface area contributed by atoms with Crippen molar-refractivity contribution in [3.05, 3.63) is 0 Å². The summed E-state index contributed by atoms with van der Waals surface area (Å²) >= 11 is 0. The molecule has 0 fully saturated rings. The second-order valence-corrected chi connectivity index (χ2v) is 3.12. The van der Waals surface area contributed by atoms with Gasteiger partial charge in [0.05, 0.1) is 0 Å². The normalized spacial score (nSPS) is 12.5. The fourth-order valence-corrected chi connectivity index (χ4v) is 0.333. The van der Waals surface area contributed by atoms with E-state index in [1.807, 2.05) is 0 Å². The third-order valence-corrected chi connectivity index (χ3v) is 1.39. The second kappa shape index (κ2) is 15.2. The van der Waals surface area contributed by atoms with Gasteiger partial charge in [0.15, 0.2) is 6.67 Å². The maximum Gasteiger partial charge on any atom is 0.428 e. The summed E-state index contributed by atoms with van der Waals surface area (Å²) in [6.07, 6.45) is -9.78. The van der Waals surface area contributed by atoms with E-state index >= 15 is 0 Å². The molecule has 0 saturated carbocycles. The highest BCUT2D eigenvalue weighted by Gasteiger charge is 2.67. The Morgan fingerprint density at radius 1 is 0.652 bits per heavy atom. The minimum Gasteiger partial charge on any atom is -0.269 e. The topological polar surface area (TPSA) is 0 Å². The van der Waals surface area contributed by atoms with Crippen LogP contribution in [-0.4, -0.2) is 30.6 Å². The Morgan fingerprint density at radius 2 is 0.826 bits per heavy atom. The molecule has 0 saturated heterocycles. The molecule has 154 valence electrons. The van der Waals surface area contributed by atoms with E-state index in [1.54, 1.807) is 0 Å². The van der Waals surface area contributed by atoms with E-state index in [0.29, 0.717) is 0 Å². The van der Waals surface area contributed by atoms with Gasteiger partial charge >= 0.3 is 18.3 Å². The van der Waals surface area contributed by atoms with Crippen LogP contribution >= 0.6 is 9.90 Å². The van der Waals surface area contributed by atoms with E-state index in [2.05, 4.69) is 0 Å². The van der Waals surface area contributed by atoms with E-state index in [-0.39, 0.29) is 51.2 Å². The highest BCUT2D eigenvalue weighted by atomic mass is 31.0. The molecule has 0 amide bonds. The summed E-state index contributed by atoms with van der Waals surface area (Å²) in [4.78, 5) is 0. The molecule has 12 heteroatoms. The minimum atomic E-state index is -5.78. The molecule has 2 atom stereocenters. The van der Waals surface area contributed by atoms with E-state index in [0.717, 1.165) is 0 Å². The Morgan fingerprint density at radius 3 is 0.870 bits per heavy atom. The Hall–Kier alpha value is -0.340. The van der Waals surface area contributed by atoms with Gasteiger partial charge in [0, 0.05) is 6.92 Å². The molecule has 0 rings (SSSR count). The highest BCUT2D eigenvalue weighted by molar-refractivity contribution is 6.92. The van der Waals surface area contributed by atoms with Gasteiger partial charge < -0.3 is 0 Å². The number of rotatable bonds is 2. The number of hydrogen-bond donors (Lipinski definition) is 0. The Labute approximate surface area is 134 Å². The second-order valence-electron chi connectivity index (χ2n) is 3.12. The van der Waals surface area contributed by atoms with Crippen molar-refractivity contribution < 1.29 is 48.6 Å². The number of hydrogen-bond acceptors (Lipinski definition) is 0. The van der Waals surface area contributed by atoms with Crippen molar-refractivity contribution in [1.82, 2.24) is 0 Å². The van der Waals surface area contributed by atoms with Crippen molar-refractivity contribution in [3.63, 3.8) is 0 Å². The third kappa shape index (κ3) is 19.6. The predicted molar refractivity (Wildman–Crippen MR) is 78.8 cm³/mol. The lowest BCUT2D eigenvalue weighted by Crippen LogP contribution is -2.54. The van der Waals surface area contributed by atoms with Gasteiger partial charge in [0.2, 0.25) is 0 Å². The van der Waals surface area contributed by atoms with Crippen LogP contribution in [0.1, 0.15) is 43.6 Å². The van der Waals surface area contributed by atoms with Crippen LogP contribution in [0.15, 0.2) is 0 Å². The van der Waals surface area contributed by atoms with Crippen LogP contribution < -0.4 is 0 Å². The zero-order valence-corrected chi connectivity index (χ0v) is 11.0. The first-order chi connectivity index (χ1) is 7.06. The summed E-state index contributed by atoms with van der Waals surface area (Å²) in [7, 11) is 0. The first-order valence-corrected chi connectivity index (χ1v) is 3.82. The van der Waals surface area contributed by atoms with E-state index in [1.165, 1.54) is 0 Å². The Bertz CT molecular complexity index is 227. The van der Waals surface area contributed by atoms with Crippen molar-refractivity contribution in [3.8, 4) is 0 Å². The molecule has 0 aromatic heterocycles. The number of halogens is 11. The zero-order valence-electron chi connectivity index (χ0n) is 9.60. The molecule has 0 heterocycles. The monoisotopic (exact) mass is 400 g/mol. The Kier molecular flexibility index (Phi) is 32.7. The minimum absolute atomic E-state index is 0. The van der Waals surface area contributed by atoms with Gasteiger partial charge in [-0.15, -0.1) is 0 Å². The summed E-state index contributed by atoms with van der Waals surface area (Å²) in [6, 6.07) is 0. The largest absolute Gasteiger partial charge is 0.428 e. The molecule has 0 N–H and O–H groups in total. The van der Waals surface area contributed by atoms with Crippen molar-refractivity contribution in [2.45, 2.75) is 67.5 Å². The van der Waals surface area contributed by atoms with Gasteiger partial charge in [-0.25, -0.2) is 8.78 Å². The smallest absolute Gasteiger partial charge is 0.269 e. The maximum atomic E-state index is 12.3. The molecule has 0 bridgehead atoms. The van der Waals surface area contributed by atoms with Crippen LogP contribution in [0.25, 0.3) is 0 Å². The summed E-state index contributed by atoms with van der Waals surface area (Å²) in [6.45, 7) is -2.89. The van der Waals surface area contributed by atoms with Crippen LogP contribution in [0, 0.1) is 0 Å². The van der Waals surface area contributed by atoms with Gasteiger partial charge in [-0.2, -0.15) is 45.0 Å². The Balaban J connectivity index is -0.0000000306. The van der Waals surface area contributed by atoms with Crippen molar-refractivity contribution in [2.75, 3.05) is 6.67 Å². The van der Waals surface area contributed by atoms with Crippen LogP contribution in [0.3, 0.4) is 0 Å². The molecule has 0 aliphatic carbocycles. The average molecular weight is 400 g/mol. The molecular weight excluding hydrogens is 372 g/mol. The van der Waals surface area contributed by atoms with Gasteiger partial charge in [-0.3, -0.25) is 4.70 Å². The molecule has 23 heavy (non-hydrogen) atoms. The van der Waals surface area contributed by atoms with Gasteiger partial charge in [0.25, 0.3) is 5.67 Å². The molecule has 0 nitrogen and oxygen atoms in total. The highest BCUT2D eigenvalue weighted by Crippen LogP contribution is 2.44. The average Bonchev–Trinajstić information content (AvgIpc) is 1.98. The summed E-state index contributed by atoms with van der Waals surface area (Å²) in [5, 5.41) is 0. The van der Waals surface area contributed by atoms with Crippen molar-refractivity contribution >= 4 is 9.90 Å². The molecule has 0 aliphatic heterocycles. The lowest BCUT2D eigenvalue weighted by molar-refractivity contribution is -0.297. The van der Waals surface area contributed by atoms with Crippen LogP contribution in [0.5, 0.6) is 0 Å². The summed E-state index contributed by atoms with van der Waals surface area (Å²) in [5.41, 5.74) is -4.82. The predicted octanol–water partition coefficient (Wildman–Crippen LogP) is 7.21. The lowest BCUT2D eigenvalue weighted by Gasteiger charge is -2.29. The first kappa shape index (κ1) is 49.5. The standard InChI is InChI=1S/C5H5F7.C2H3F3.4CH4.FH.H3P/c1-3(7,5(10,11)12)4(8,9)2-6;1-2(3,4)5;;;;;;/h2H2,1H3;1H3;4*1H4;1H;1H3. The van der Waals surface area contributed by atoms with Gasteiger partial charge in [-0.1, -0.05) is 29.7 Å². The van der Waals surface area contributed by atoms with E-state index in [4.69, 9.17) is 0 Å². The molecule has 0 aromatic rings. The van der Waals surface area contributed by atoms with Crippen molar-refractivity contribution in [1.29, 1.82) is 0 Å². The first-order valence-electron chi connectivity index (χ1n) is 3.82. The number of alkyl halides is 10. The molecule has 2 unspecified atom stereocenters. The maximum absolute atomic E-state index is 12.3. The van der Waals surface area contributed by atoms with Gasteiger partial charge in [-0.05, 0) is 6.92 Å². The quantitative estimate of drug-likeness (QED) is 0.340. The molecule has 0 radical (unpaired) electrons. The fraction of sp³-hybridized carbons (Fsp3) is 1.00. The van der Waals surface area contributed by atoms with Crippen LogP contribution in [0.2, 0.25) is 0 Å². The summed E-state index contributed by atoms with van der Waals surface area (Å²) < 4.78 is 113. The molecule has 0 aliphatic rings. The van der Waals surface area contributed by atoms with Crippen LogP contribution in [0.4, 0.5) is 48.6 Å².